The van der Waals surface area contributed by atoms with Gasteiger partial charge in [0.1, 0.15) is 12.4 Å². The van der Waals surface area contributed by atoms with E-state index in [1.165, 1.54) is 29.0 Å². The van der Waals surface area contributed by atoms with Crippen molar-refractivity contribution in [2.45, 2.75) is 117 Å². The van der Waals surface area contributed by atoms with Crippen LogP contribution in [0, 0.1) is 32.1 Å². The Kier molecular flexibility index (Phi) is 19.5. The Bertz CT molecular complexity index is 1290. The Morgan fingerprint density at radius 3 is 1.59 bits per heavy atom. The smallest absolute Gasteiger partial charge is 0.330 e. The molecule has 0 unspecified atom stereocenters. The lowest BCUT2D eigenvalue weighted by Gasteiger charge is -2.36. The van der Waals surface area contributed by atoms with Crippen LogP contribution in [-0.2, 0) is 22.9 Å². The van der Waals surface area contributed by atoms with E-state index in [0.29, 0.717) is 29.2 Å². The molecule has 0 bridgehead atoms. The van der Waals surface area contributed by atoms with Crippen LogP contribution in [0.5, 0.6) is 0 Å². The monoisotopic (exact) mass is 748 g/mol. The molecule has 0 spiro atoms. The maximum Gasteiger partial charge on any atom is 0.330 e. The number of aromatic nitrogens is 4. The Labute approximate surface area is 301 Å². The first-order valence-corrected chi connectivity index (χ1v) is 23.2. The summed E-state index contributed by atoms with van der Waals surface area (Å²) in [4.78, 5) is 20.1. The van der Waals surface area contributed by atoms with Crippen LogP contribution in [0.1, 0.15) is 81.1 Å². The zero-order valence-electron chi connectivity index (χ0n) is 32.6. The summed E-state index contributed by atoms with van der Waals surface area (Å²) in [7, 11) is 0.0514. The van der Waals surface area contributed by atoms with Crippen molar-refractivity contribution in [3.05, 3.63) is 37.8 Å². The molecule has 0 aliphatic heterocycles. The van der Waals surface area contributed by atoms with E-state index >= 15 is 0 Å². The van der Waals surface area contributed by atoms with Crippen molar-refractivity contribution in [1.82, 2.24) is 19.6 Å². The summed E-state index contributed by atoms with van der Waals surface area (Å²) in [5.74, 6) is 1.50. The SMILES string of the molecule is C[C@@H](CN)CCCO[Si](C)(C)C(C)(C)C.C[C@H](CCCO[Si](C)(C)C(C)(C)C)CNc1c([N+](=O)[O-])cnn1C.Cn1ncc([N+](=O)[O-])c1Cl. The minimum atomic E-state index is -1.67. The van der Waals surface area contributed by atoms with Gasteiger partial charge in [0.2, 0.25) is 11.0 Å². The highest BCUT2D eigenvalue weighted by molar-refractivity contribution is 6.74. The predicted octanol–water partition coefficient (Wildman–Crippen LogP) is 8.54. The molecular formula is C32H65ClN8O6Si2. The Balaban J connectivity index is 0.000000782. The highest BCUT2D eigenvalue weighted by Gasteiger charge is 2.37. The van der Waals surface area contributed by atoms with E-state index < -0.39 is 26.5 Å². The molecule has 17 heteroatoms. The first-order valence-electron chi connectivity index (χ1n) is 17.0. The third-order valence-electron chi connectivity index (χ3n) is 9.40. The first kappa shape index (κ1) is 46.6. The van der Waals surface area contributed by atoms with Crippen LogP contribution in [0.3, 0.4) is 0 Å². The molecule has 0 saturated heterocycles. The number of anilines is 1. The van der Waals surface area contributed by atoms with Crippen molar-refractivity contribution in [2.75, 3.05) is 31.6 Å². The minimum Gasteiger partial charge on any atom is -0.417 e. The maximum absolute atomic E-state index is 11.0. The van der Waals surface area contributed by atoms with Gasteiger partial charge in [0.05, 0.1) is 9.85 Å². The van der Waals surface area contributed by atoms with E-state index in [0.717, 1.165) is 45.2 Å². The lowest BCUT2D eigenvalue weighted by atomic mass is 10.1. The van der Waals surface area contributed by atoms with Crippen LogP contribution in [0.25, 0.3) is 0 Å². The molecule has 0 radical (unpaired) electrons. The number of nitrogens with one attached hydrogen (secondary N) is 1. The third-order valence-corrected chi connectivity index (χ3v) is 18.9. The number of nitrogens with zero attached hydrogens (tertiary/aromatic N) is 6. The Hall–Kier alpha value is -2.38. The molecule has 3 N–H and O–H groups in total. The predicted molar refractivity (Wildman–Crippen MR) is 205 cm³/mol. The molecule has 14 nitrogen and oxygen atoms in total. The molecule has 0 fully saturated rings. The number of halogens is 1. The fourth-order valence-electron chi connectivity index (χ4n) is 3.74. The summed E-state index contributed by atoms with van der Waals surface area (Å²) >= 11 is 5.46. The molecule has 2 atom stereocenters. The fourth-order valence-corrected chi connectivity index (χ4v) is 6.08. The standard InChI is InChI=1S/C16H32N4O3Si.C12H29NOSi.C4H4ClN3O2/c1-13(9-8-10-23-24(6,7)16(2,3)4)11-17-15-14(20(21)22)12-18-19(15)5;1-11(10-13)8-7-9-14-15(5,6)12(2,3)4;1-7-4(5)3(2-6-7)8(9)10/h12-13,17H,8-11H2,1-7H3;11H,7-10,13H2,1-6H3;2H,1H3/t13-;11-;/m11./s1. The Morgan fingerprint density at radius 1 is 0.837 bits per heavy atom. The molecule has 2 aromatic rings. The van der Waals surface area contributed by atoms with Crippen LogP contribution in [0.15, 0.2) is 12.4 Å². The third kappa shape index (κ3) is 16.5. The summed E-state index contributed by atoms with van der Waals surface area (Å²) < 4.78 is 15.0. The number of hydrogen-bond donors (Lipinski definition) is 2. The van der Waals surface area contributed by atoms with Crippen molar-refractivity contribution >= 4 is 45.4 Å². The topological polar surface area (TPSA) is 178 Å². The van der Waals surface area contributed by atoms with Gasteiger partial charge >= 0.3 is 11.4 Å². The van der Waals surface area contributed by atoms with Gasteiger partial charge in [-0.05, 0) is 80.3 Å². The first-order chi connectivity index (χ1) is 22.3. The summed E-state index contributed by atoms with van der Waals surface area (Å²) in [5.41, 5.74) is 5.43. The maximum atomic E-state index is 11.0. The molecule has 49 heavy (non-hydrogen) atoms. The van der Waals surface area contributed by atoms with Crippen LogP contribution in [-0.4, -0.2) is 72.3 Å². The average molecular weight is 750 g/mol. The quantitative estimate of drug-likeness (QED) is 0.0731. The van der Waals surface area contributed by atoms with Gasteiger partial charge in [0, 0.05) is 33.9 Å². The van der Waals surface area contributed by atoms with Crippen molar-refractivity contribution in [3.63, 3.8) is 0 Å². The normalized spacial score (nSPS) is 13.5. The summed E-state index contributed by atoms with van der Waals surface area (Å²) in [5, 5.41) is 32.3. The number of nitro groups is 2. The van der Waals surface area contributed by atoms with E-state index in [1.54, 1.807) is 7.05 Å². The summed E-state index contributed by atoms with van der Waals surface area (Å²) in [6.45, 7) is 30.2. The largest absolute Gasteiger partial charge is 0.417 e. The molecular weight excluding hydrogens is 684 g/mol. The highest BCUT2D eigenvalue weighted by Crippen LogP contribution is 2.37. The van der Waals surface area contributed by atoms with Crippen molar-refractivity contribution < 1.29 is 18.7 Å². The molecule has 2 heterocycles. The lowest BCUT2D eigenvalue weighted by molar-refractivity contribution is -0.384. The highest BCUT2D eigenvalue weighted by atomic mass is 35.5. The van der Waals surface area contributed by atoms with Gasteiger partial charge in [-0.2, -0.15) is 10.2 Å². The van der Waals surface area contributed by atoms with Crippen molar-refractivity contribution in [2.24, 2.45) is 31.7 Å². The molecule has 284 valence electrons. The lowest BCUT2D eigenvalue weighted by Crippen LogP contribution is -2.41. The van der Waals surface area contributed by atoms with Gasteiger partial charge in [-0.3, -0.25) is 24.9 Å². The second-order valence-electron chi connectivity index (χ2n) is 15.8. The van der Waals surface area contributed by atoms with E-state index in [2.05, 4.69) is 97.1 Å². The molecule has 0 saturated carbocycles. The number of rotatable bonds is 16. The van der Waals surface area contributed by atoms with Crippen LogP contribution in [0.2, 0.25) is 41.4 Å². The van der Waals surface area contributed by atoms with Gasteiger partial charge < -0.3 is 19.9 Å². The number of nitrogens with two attached hydrogens (primary N) is 1. The van der Waals surface area contributed by atoms with Gasteiger partial charge in [0.15, 0.2) is 16.6 Å². The van der Waals surface area contributed by atoms with Gasteiger partial charge in [-0.1, -0.05) is 67.0 Å². The molecule has 0 aliphatic carbocycles. The van der Waals surface area contributed by atoms with Gasteiger partial charge in [-0.15, -0.1) is 0 Å². The molecule has 2 aromatic heterocycles. The molecule has 0 aliphatic rings. The van der Waals surface area contributed by atoms with E-state index in [1.807, 2.05) is 0 Å². The fraction of sp³-hybridized carbons (Fsp3) is 0.812. The second kappa shape index (κ2) is 20.5. The second-order valence-corrected chi connectivity index (χ2v) is 25.8. The molecule has 0 aromatic carbocycles. The van der Waals surface area contributed by atoms with Crippen molar-refractivity contribution in [1.29, 1.82) is 0 Å². The van der Waals surface area contributed by atoms with E-state index in [9.17, 15) is 20.2 Å². The van der Waals surface area contributed by atoms with Gasteiger partial charge in [0.25, 0.3) is 0 Å². The average Bonchev–Trinajstić information content (AvgIpc) is 3.52. The molecule has 0 amide bonds. The summed E-state index contributed by atoms with van der Waals surface area (Å²) in [6.07, 6.45) is 6.74. The number of hydrogen-bond acceptors (Lipinski definition) is 10. The zero-order valence-corrected chi connectivity index (χ0v) is 35.3. The van der Waals surface area contributed by atoms with E-state index in [4.69, 9.17) is 26.2 Å². The minimum absolute atomic E-state index is 0.0194. The number of aryl methyl sites for hydroxylation is 2. The molecule has 2 rings (SSSR count). The zero-order chi connectivity index (χ0) is 38.4. The van der Waals surface area contributed by atoms with E-state index in [-0.39, 0.29) is 21.6 Å². The summed E-state index contributed by atoms with van der Waals surface area (Å²) in [6, 6.07) is 0. The Morgan fingerprint density at radius 2 is 1.24 bits per heavy atom. The van der Waals surface area contributed by atoms with Crippen molar-refractivity contribution in [3.8, 4) is 0 Å². The van der Waals surface area contributed by atoms with Gasteiger partial charge in [-0.25, -0.2) is 4.68 Å². The van der Waals surface area contributed by atoms with Crippen LogP contribution >= 0.6 is 11.6 Å². The van der Waals surface area contributed by atoms with Crippen LogP contribution in [0.4, 0.5) is 17.2 Å². The van der Waals surface area contributed by atoms with Crippen LogP contribution < -0.4 is 11.1 Å².